The van der Waals surface area contributed by atoms with Crippen molar-refractivity contribution >= 4 is 82.1 Å². The maximum Gasteiger partial charge on any atom is 0.393 e. The molecular weight excluding hydrogens is 1370 g/mol. The molecule has 536 valence electrons. The van der Waals surface area contributed by atoms with Gasteiger partial charge in [-0.2, -0.15) is 0 Å². The molecular formula is C77H68ClF3O22. The molecule has 5 heterocycles. The summed E-state index contributed by atoms with van der Waals surface area (Å²) in [6.07, 6.45) is 0.930. The molecule has 22 nitrogen and oxygen atoms in total. The number of carboxylic acid groups (broad SMARTS) is 2. The van der Waals surface area contributed by atoms with Crippen LogP contribution in [0.15, 0.2) is 206 Å². The van der Waals surface area contributed by atoms with Crippen molar-refractivity contribution in [1.29, 1.82) is 0 Å². The van der Waals surface area contributed by atoms with E-state index in [0.717, 1.165) is 45.2 Å². The van der Waals surface area contributed by atoms with Crippen molar-refractivity contribution in [2.75, 3.05) is 0 Å². The van der Waals surface area contributed by atoms with E-state index in [4.69, 9.17) is 69.2 Å². The average molecular weight is 1440 g/mol. The zero-order chi connectivity index (χ0) is 73.8. The van der Waals surface area contributed by atoms with Crippen molar-refractivity contribution < 1.29 is 119 Å². The number of carbonyl (C=O) groups is 10. The van der Waals surface area contributed by atoms with Crippen LogP contribution in [-0.4, -0.2) is 97.7 Å². The first-order valence-electron chi connectivity index (χ1n) is 32.3. The van der Waals surface area contributed by atoms with Gasteiger partial charge in [0.05, 0.1) is 19.3 Å². The minimum Gasteiger partial charge on any atom is -0.478 e. The van der Waals surface area contributed by atoms with E-state index >= 15 is 0 Å². The summed E-state index contributed by atoms with van der Waals surface area (Å²) >= 11 is 5.86. The van der Waals surface area contributed by atoms with E-state index in [1.165, 1.54) is 60.7 Å². The molecule has 5 aliphatic rings. The van der Waals surface area contributed by atoms with Crippen LogP contribution < -0.4 is 9.47 Å². The highest BCUT2D eigenvalue weighted by molar-refractivity contribution is 6.34. The molecule has 8 aromatic rings. The number of cyclic esters (lactones) is 5. The van der Waals surface area contributed by atoms with Gasteiger partial charge in [0.15, 0.2) is 0 Å². The molecule has 5 saturated heterocycles. The third-order valence-electron chi connectivity index (χ3n) is 16.5. The zero-order valence-electron chi connectivity index (χ0n) is 55.2. The SMILES string of the molecule is CC(OC(=O)[C@]1(Oc2ccc(F)cc2)CCC(=O)O1)c1ccc2ccccc2c1.O=C1CCC(Cc2ccc(F)cc2)(C(=O)O)O1.O=C1CCC(Cc2ccccc2)(C(=O)OCc2ccccc2)O1.O=C1CCC(Cl)(C(=O)OCc2ccccc2)O1.O=C1CC[C@@](Oc2ccc(F)cc2)(C(=O)O)O1. The molecule has 0 amide bonds. The van der Waals surface area contributed by atoms with Gasteiger partial charge in [-0.1, -0.05) is 151 Å². The molecule has 13 rings (SSSR count). The molecule has 0 aliphatic carbocycles. The Labute approximate surface area is 592 Å². The summed E-state index contributed by atoms with van der Waals surface area (Å²) < 4.78 is 90.3. The highest BCUT2D eigenvalue weighted by atomic mass is 35.5. The number of aliphatic carboxylic acids is 2. The Balaban J connectivity index is 0.000000152. The summed E-state index contributed by atoms with van der Waals surface area (Å²) in [5.41, 5.74) is 1.44. The Morgan fingerprint density at radius 3 is 1.27 bits per heavy atom. The highest BCUT2D eigenvalue weighted by Gasteiger charge is 2.54. The number of hydrogen-bond acceptors (Lipinski definition) is 20. The largest absolute Gasteiger partial charge is 0.478 e. The van der Waals surface area contributed by atoms with Gasteiger partial charge in [0.1, 0.15) is 48.3 Å². The van der Waals surface area contributed by atoms with Crippen LogP contribution in [0, 0.1) is 17.5 Å². The van der Waals surface area contributed by atoms with Gasteiger partial charge in [0.25, 0.3) is 5.06 Å². The van der Waals surface area contributed by atoms with Gasteiger partial charge in [-0.15, -0.1) is 0 Å². The third kappa shape index (κ3) is 20.6. The lowest BCUT2D eigenvalue weighted by atomic mass is 9.91. The molecule has 8 aromatic carbocycles. The molecule has 4 unspecified atom stereocenters. The predicted octanol–water partition coefficient (Wildman–Crippen LogP) is 12.6. The number of hydrogen-bond donors (Lipinski definition) is 2. The van der Waals surface area contributed by atoms with Crippen LogP contribution in [-0.2, 0) is 112 Å². The number of ether oxygens (including phenoxy) is 10. The smallest absolute Gasteiger partial charge is 0.393 e. The number of halogens is 4. The first-order valence-corrected chi connectivity index (χ1v) is 32.7. The van der Waals surface area contributed by atoms with E-state index in [-0.39, 0.29) is 101 Å². The quantitative estimate of drug-likeness (QED) is 0.0432. The second-order valence-electron chi connectivity index (χ2n) is 24.1. The molecule has 0 radical (unpaired) electrons. The summed E-state index contributed by atoms with van der Waals surface area (Å²) in [7, 11) is 0. The van der Waals surface area contributed by atoms with E-state index in [0.29, 0.717) is 18.4 Å². The molecule has 0 bridgehead atoms. The average Bonchev–Trinajstić information content (AvgIpc) is 1.71. The molecule has 5 aliphatic heterocycles. The van der Waals surface area contributed by atoms with Crippen molar-refractivity contribution in [3.63, 3.8) is 0 Å². The van der Waals surface area contributed by atoms with Crippen molar-refractivity contribution in [2.24, 2.45) is 0 Å². The molecule has 0 saturated carbocycles. The fraction of sp³-hybridized carbons (Fsp3) is 0.273. The Morgan fingerprint density at radius 2 is 0.816 bits per heavy atom. The Morgan fingerprint density at radius 1 is 0.417 bits per heavy atom. The Kier molecular flexibility index (Phi) is 25.1. The Hall–Kier alpha value is -11.6. The molecule has 0 spiro atoms. The number of rotatable bonds is 19. The van der Waals surface area contributed by atoms with Gasteiger partial charge in [-0.3, -0.25) is 24.0 Å². The van der Waals surface area contributed by atoms with Crippen LogP contribution in [0.4, 0.5) is 13.2 Å². The minimum absolute atomic E-state index is 0.0203. The van der Waals surface area contributed by atoms with Gasteiger partial charge in [-0.25, -0.2) is 37.1 Å². The predicted molar refractivity (Wildman–Crippen MR) is 357 cm³/mol. The molecule has 5 fully saturated rings. The number of alkyl halides is 1. The van der Waals surface area contributed by atoms with Crippen molar-refractivity contribution in [3.8, 4) is 11.5 Å². The topological polar surface area (TPSA) is 303 Å². The molecule has 6 atom stereocenters. The summed E-state index contributed by atoms with van der Waals surface area (Å²) in [6.45, 7) is 2.03. The molecule has 103 heavy (non-hydrogen) atoms. The van der Waals surface area contributed by atoms with Gasteiger partial charge in [0, 0.05) is 57.8 Å². The zero-order valence-corrected chi connectivity index (χ0v) is 55.9. The Bertz CT molecular complexity index is 4250. The van der Waals surface area contributed by atoms with E-state index in [1.807, 2.05) is 133 Å². The van der Waals surface area contributed by atoms with Crippen LogP contribution in [0.25, 0.3) is 10.8 Å². The van der Waals surface area contributed by atoms with E-state index in [1.54, 1.807) is 6.92 Å². The van der Waals surface area contributed by atoms with Crippen LogP contribution in [0.5, 0.6) is 11.5 Å². The number of fused-ring (bicyclic) bond motifs is 1. The first kappa shape index (κ1) is 75.6. The van der Waals surface area contributed by atoms with Crippen LogP contribution >= 0.6 is 11.6 Å². The first-order chi connectivity index (χ1) is 49.3. The maximum atomic E-state index is 13.2. The standard InChI is InChI=1S/C23H19FO5.C19H18O4.C12H11ClO4.C12H11FO4.C11H9FO5/c1-15(17-7-6-16-4-2-3-5-18(16)14-17)27-22(26)23(13-12-21(25)29-23)28-20-10-8-19(24)9-11-20;20-17-11-12-19(23-17,13-15-7-3-1-4-8-15)18(21)22-14-16-9-5-2-6-10-16;13-12(7-6-10(14)17-12)11(15)16-8-9-4-2-1-3-5-9;13-9-3-1-8(2-4-9)7-12(11(15)16)6-5-10(14)17-12;12-7-1-3-8(4-2-7)16-11(10(14)15)6-5-9(13)17-11/h2-11,14-15H,12-13H2,1H3;1-10H,11-14H2;1-5H,6-8H2;1-4H,5-7H2,(H,15,16);1-4H,5-6H2,(H,14,15)/t15?,23-;;;;11-/m0...0/s1. The normalized spacial score (nSPS) is 21.5. The fourth-order valence-corrected chi connectivity index (χ4v) is 11.2. The number of esters is 8. The summed E-state index contributed by atoms with van der Waals surface area (Å²) in [5.74, 6) is -11.9. The lowest BCUT2D eigenvalue weighted by molar-refractivity contribution is -0.210. The second-order valence-corrected chi connectivity index (χ2v) is 24.7. The molecule has 2 N–H and O–H groups in total. The molecule has 26 heteroatoms. The lowest BCUT2D eigenvalue weighted by Gasteiger charge is -2.27. The third-order valence-corrected chi connectivity index (χ3v) is 16.9. The van der Waals surface area contributed by atoms with E-state index < -0.39 is 99.3 Å². The summed E-state index contributed by atoms with van der Waals surface area (Å²) in [6, 6.07) is 57.3. The number of carboxylic acids is 2. The second kappa shape index (κ2) is 34.2. The lowest BCUT2D eigenvalue weighted by Crippen LogP contribution is -2.46. The van der Waals surface area contributed by atoms with E-state index in [2.05, 4.69) is 0 Å². The van der Waals surface area contributed by atoms with Crippen LogP contribution in [0.1, 0.15) is 105 Å². The van der Waals surface area contributed by atoms with Gasteiger partial charge in [-0.05, 0) is 112 Å². The van der Waals surface area contributed by atoms with E-state index in [9.17, 15) is 61.1 Å². The number of benzene rings is 8. The van der Waals surface area contributed by atoms with Crippen molar-refractivity contribution in [1.82, 2.24) is 0 Å². The van der Waals surface area contributed by atoms with Crippen LogP contribution in [0.3, 0.4) is 0 Å². The minimum atomic E-state index is -1.99. The van der Waals surface area contributed by atoms with Gasteiger partial charge >= 0.3 is 71.3 Å². The van der Waals surface area contributed by atoms with Gasteiger partial charge < -0.3 is 57.6 Å². The number of carbonyl (C=O) groups excluding carboxylic acids is 8. The van der Waals surface area contributed by atoms with Gasteiger partial charge in [0.2, 0.25) is 11.2 Å². The monoisotopic (exact) mass is 1440 g/mol. The fourth-order valence-electron chi connectivity index (χ4n) is 11.0. The molecule has 0 aromatic heterocycles. The summed E-state index contributed by atoms with van der Waals surface area (Å²) in [5, 5.41) is 18.6. The van der Waals surface area contributed by atoms with Crippen molar-refractivity contribution in [3.05, 3.63) is 252 Å². The summed E-state index contributed by atoms with van der Waals surface area (Å²) in [4.78, 5) is 116. The maximum absolute atomic E-state index is 13.2. The van der Waals surface area contributed by atoms with Crippen molar-refractivity contribution in [2.45, 2.75) is 131 Å². The highest BCUT2D eigenvalue weighted by Crippen LogP contribution is 2.37. The van der Waals surface area contributed by atoms with Crippen LogP contribution in [0.2, 0.25) is 0 Å².